The van der Waals surface area contributed by atoms with E-state index in [9.17, 15) is 9.90 Å². The average Bonchev–Trinajstić information content (AvgIpc) is 2.70. The number of hydrogen-bond donors (Lipinski definition) is 2. The standard InChI is InChI=1S/C13H23NO2S/c15-13(16)12(10-7-8-17-9-10)14-11-5-3-1-2-4-6-11/h10-12,14H,1-9H2,(H,15,16). The molecule has 1 aliphatic carbocycles. The van der Waals surface area contributed by atoms with Gasteiger partial charge in [0.05, 0.1) is 0 Å². The molecule has 2 aliphatic rings. The third kappa shape index (κ3) is 3.88. The van der Waals surface area contributed by atoms with Gasteiger partial charge in [-0.15, -0.1) is 0 Å². The first-order valence-electron chi connectivity index (χ1n) is 6.84. The number of carboxylic acid groups (broad SMARTS) is 1. The molecule has 4 heteroatoms. The van der Waals surface area contributed by atoms with Crippen LogP contribution in [-0.4, -0.2) is 34.7 Å². The molecule has 0 aromatic heterocycles. The van der Waals surface area contributed by atoms with Crippen molar-refractivity contribution in [1.29, 1.82) is 0 Å². The second-order valence-electron chi connectivity index (χ2n) is 5.29. The summed E-state index contributed by atoms with van der Waals surface area (Å²) in [5.41, 5.74) is 0. The molecule has 2 fully saturated rings. The zero-order valence-corrected chi connectivity index (χ0v) is 11.2. The van der Waals surface area contributed by atoms with Gasteiger partial charge in [0.25, 0.3) is 0 Å². The van der Waals surface area contributed by atoms with Gasteiger partial charge >= 0.3 is 5.97 Å². The number of carbonyl (C=O) groups is 1. The van der Waals surface area contributed by atoms with Crippen molar-refractivity contribution in [2.75, 3.05) is 11.5 Å². The Kier molecular flexibility index (Phi) is 5.16. The van der Waals surface area contributed by atoms with Crippen LogP contribution in [0.5, 0.6) is 0 Å². The van der Waals surface area contributed by atoms with E-state index in [2.05, 4.69) is 5.32 Å². The fourth-order valence-corrected chi connectivity index (χ4v) is 4.22. The van der Waals surface area contributed by atoms with Gasteiger partial charge in [0.15, 0.2) is 0 Å². The van der Waals surface area contributed by atoms with Crippen molar-refractivity contribution >= 4 is 17.7 Å². The molecule has 2 rings (SSSR count). The lowest BCUT2D eigenvalue weighted by Gasteiger charge is -2.25. The Bertz CT molecular complexity index is 246. The molecule has 98 valence electrons. The summed E-state index contributed by atoms with van der Waals surface area (Å²) in [4.78, 5) is 11.4. The van der Waals surface area contributed by atoms with Gasteiger partial charge in [-0.1, -0.05) is 25.7 Å². The average molecular weight is 257 g/mol. The van der Waals surface area contributed by atoms with Crippen LogP contribution in [0.15, 0.2) is 0 Å². The number of rotatable bonds is 4. The first kappa shape index (κ1) is 13.2. The number of nitrogens with one attached hydrogen (secondary N) is 1. The maximum atomic E-state index is 11.4. The minimum Gasteiger partial charge on any atom is -0.480 e. The summed E-state index contributed by atoms with van der Waals surface area (Å²) in [7, 11) is 0. The lowest BCUT2D eigenvalue weighted by atomic mass is 9.97. The maximum absolute atomic E-state index is 11.4. The third-order valence-corrected chi connectivity index (χ3v) is 5.16. The van der Waals surface area contributed by atoms with Gasteiger partial charge in [0, 0.05) is 6.04 Å². The number of hydrogen-bond acceptors (Lipinski definition) is 3. The molecule has 0 bridgehead atoms. The van der Waals surface area contributed by atoms with Crippen LogP contribution < -0.4 is 5.32 Å². The lowest BCUT2D eigenvalue weighted by Crippen LogP contribution is -2.47. The molecule has 17 heavy (non-hydrogen) atoms. The summed E-state index contributed by atoms with van der Waals surface area (Å²) >= 11 is 1.89. The van der Waals surface area contributed by atoms with Crippen molar-refractivity contribution in [3.63, 3.8) is 0 Å². The molecule has 0 amide bonds. The smallest absolute Gasteiger partial charge is 0.321 e. The molecule has 2 N–H and O–H groups in total. The Balaban J connectivity index is 1.89. The van der Waals surface area contributed by atoms with E-state index in [4.69, 9.17) is 0 Å². The summed E-state index contributed by atoms with van der Waals surface area (Å²) in [5.74, 6) is 1.82. The second-order valence-corrected chi connectivity index (χ2v) is 6.44. The van der Waals surface area contributed by atoms with Gasteiger partial charge in [-0.05, 0) is 36.7 Å². The van der Waals surface area contributed by atoms with Crippen LogP contribution in [0.3, 0.4) is 0 Å². The van der Waals surface area contributed by atoms with Crippen LogP contribution in [0.1, 0.15) is 44.9 Å². The zero-order valence-electron chi connectivity index (χ0n) is 10.4. The van der Waals surface area contributed by atoms with E-state index in [0.717, 1.165) is 30.8 Å². The molecule has 0 spiro atoms. The monoisotopic (exact) mass is 257 g/mol. The van der Waals surface area contributed by atoms with Crippen LogP contribution in [0.25, 0.3) is 0 Å². The van der Waals surface area contributed by atoms with Crippen molar-refractivity contribution in [3.05, 3.63) is 0 Å². The van der Waals surface area contributed by atoms with Crippen molar-refractivity contribution in [2.45, 2.75) is 57.0 Å². The van der Waals surface area contributed by atoms with Gasteiger partial charge in [0.1, 0.15) is 6.04 Å². The molecular formula is C13H23NO2S. The van der Waals surface area contributed by atoms with Crippen LogP contribution in [0.2, 0.25) is 0 Å². The van der Waals surface area contributed by atoms with Crippen LogP contribution in [0, 0.1) is 5.92 Å². The fraction of sp³-hybridized carbons (Fsp3) is 0.923. The highest BCUT2D eigenvalue weighted by atomic mass is 32.2. The molecule has 1 saturated heterocycles. The van der Waals surface area contributed by atoms with Gasteiger partial charge in [0.2, 0.25) is 0 Å². The van der Waals surface area contributed by atoms with E-state index in [1.165, 1.54) is 25.7 Å². The van der Waals surface area contributed by atoms with Crippen LogP contribution in [0.4, 0.5) is 0 Å². The summed E-state index contributed by atoms with van der Waals surface area (Å²) in [6, 6.07) is 0.122. The van der Waals surface area contributed by atoms with E-state index < -0.39 is 5.97 Å². The Morgan fingerprint density at radius 2 is 1.88 bits per heavy atom. The summed E-state index contributed by atoms with van der Waals surface area (Å²) in [6.45, 7) is 0. The summed E-state index contributed by atoms with van der Waals surface area (Å²) in [5, 5.41) is 12.8. The van der Waals surface area contributed by atoms with Gasteiger partial charge in [-0.2, -0.15) is 11.8 Å². The van der Waals surface area contributed by atoms with Crippen molar-refractivity contribution < 1.29 is 9.90 Å². The molecule has 2 atom stereocenters. The molecule has 0 radical (unpaired) electrons. The Morgan fingerprint density at radius 1 is 1.18 bits per heavy atom. The predicted molar refractivity (Wildman–Crippen MR) is 71.5 cm³/mol. The van der Waals surface area contributed by atoms with Crippen molar-refractivity contribution in [1.82, 2.24) is 5.32 Å². The molecule has 2 unspecified atom stereocenters. The van der Waals surface area contributed by atoms with E-state index in [0.29, 0.717) is 12.0 Å². The highest BCUT2D eigenvalue weighted by molar-refractivity contribution is 7.99. The highest BCUT2D eigenvalue weighted by Crippen LogP contribution is 2.27. The van der Waals surface area contributed by atoms with Gasteiger partial charge in [-0.3, -0.25) is 4.79 Å². The Labute approximate surface area is 108 Å². The van der Waals surface area contributed by atoms with Gasteiger partial charge in [-0.25, -0.2) is 0 Å². The fourth-order valence-electron chi connectivity index (χ4n) is 2.92. The van der Waals surface area contributed by atoms with E-state index >= 15 is 0 Å². The predicted octanol–water partition coefficient (Wildman–Crippen LogP) is 2.51. The Hall–Kier alpha value is -0.220. The largest absolute Gasteiger partial charge is 0.480 e. The lowest BCUT2D eigenvalue weighted by molar-refractivity contribution is -0.141. The molecule has 0 aromatic carbocycles. The van der Waals surface area contributed by atoms with E-state index in [-0.39, 0.29) is 6.04 Å². The molecule has 3 nitrogen and oxygen atoms in total. The number of carboxylic acids is 1. The third-order valence-electron chi connectivity index (χ3n) is 3.97. The quantitative estimate of drug-likeness (QED) is 0.760. The summed E-state index contributed by atoms with van der Waals surface area (Å²) in [6.07, 6.45) is 8.51. The maximum Gasteiger partial charge on any atom is 0.321 e. The first-order chi connectivity index (χ1) is 8.27. The normalized spacial score (nSPS) is 28.8. The van der Waals surface area contributed by atoms with Crippen molar-refractivity contribution in [3.8, 4) is 0 Å². The minimum atomic E-state index is -0.651. The van der Waals surface area contributed by atoms with Crippen LogP contribution >= 0.6 is 11.8 Å². The van der Waals surface area contributed by atoms with E-state index in [1.807, 2.05) is 11.8 Å². The van der Waals surface area contributed by atoms with E-state index in [1.54, 1.807) is 0 Å². The minimum absolute atomic E-state index is 0.312. The first-order valence-corrected chi connectivity index (χ1v) is 7.99. The van der Waals surface area contributed by atoms with Crippen molar-refractivity contribution in [2.24, 2.45) is 5.92 Å². The highest BCUT2D eigenvalue weighted by Gasteiger charge is 2.32. The molecule has 0 aromatic rings. The topological polar surface area (TPSA) is 49.3 Å². The number of thioether (sulfide) groups is 1. The van der Waals surface area contributed by atoms with Gasteiger partial charge < -0.3 is 10.4 Å². The Morgan fingerprint density at radius 3 is 2.41 bits per heavy atom. The summed E-state index contributed by atoms with van der Waals surface area (Å²) < 4.78 is 0. The zero-order chi connectivity index (χ0) is 12.1. The molecule has 1 aliphatic heterocycles. The molecule has 1 saturated carbocycles. The molecule has 1 heterocycles. The number of aliphatic carboxylic acids is 1. The SMILES string of the molecule is O=C(O)C(NC1CCCCCC1)C1CCSC1. The molecular weight excluding hydrogens is 234 g/mol. The van der Waals surface area contributed by atoms with Crippen LogP contribution in [-0.2, 0) is 4.79 Å². The second kappa shape index (κ2) is 6.64.